The lowest BCUT2D eigenvalue weighted by molar-refractivity contribution is -0.136. The van der Waals surface area contributed by atoms with Crippen LogP contribution in [-0.4, -0.2) is 29.8 Å². The molecule has 0 saturated heterocycles. The summed E-state index contributed by atoms with van der Waals surface area (Å²) in [6.07, 6.45) is 1.87. The van der Waals surface area contributed by atoms with Crippen LogP contribution in [0.25, 0.3) is 0 Å². The van der Waals surface area contributed by atoms with E-state index in [1.807, 2.05) is 44.2 Å². The van der Waals surface area contributed by atoms with Crippen molar-refractivity contribution in [3.63, 3.8) is 0 Å². The summed E-state index contributed by atoms with van der Waals surface area (Å²) in [6, 6.07) is 8.90. The number of hydrogen-bond acceptors (Lipinski definition) is 2. The van der Waals surface area contributed by atoms with Gasteiger partial charge in [-0.3, -0.25) is 9.59 Å². The van der Waals surface area contributed by atoms with Crippen LogP contribution >= 0.6 is 0 Å². The Morgan fingerprint density at radius 2 is 1.80 bits per heavy atom. The monoisotopic (exact) mass is 274 g/mol. The van der Waals surface area contributed by atoms with Crippen LogP contribution in [0.3, 0.4) is 0 Å². The molecule has 1 aromatic rings. The van der Waals surface area contributed by atoms with Crippen LogP contribution in [0, 0.1) is 5.92 Å². The van der Waals surface area contributed by atoms with Gasteiger partial charge in [-0.25, -0.2) is 0 Å². The van der Waals surface area contributed by atoms with Gasteiger partial charge in [0.2, 0.25) is 11.8 Å². The Morgan fingerprint density at radius 1 is 1.20 bits per heavy atom. The summed E-state index contributed by atoms with van der Waals surface area (Å²) < 4.78 is 0. The molecule has 0 spiro atoms. The first-order chi connectivity index (χ1) is 9.67. The summed E-state index contributed by atoms with van der Waals surface area (Å²) >= 11 is 0. The minimum Gasteiger partial charge on any atom is -0.341 e. The van der Waals surface area contributed by atoms with E-state index in [2.05, 4.69) is 5.32 Å². The Labute approximate surface area is 120 Å². The number of hydrogen-bond donors (Lipinski definition) is 1. The van der Waals surface area contributed by atoms with Crippen molar-refractivity contribution in [3.8, 4) is 0 Å². The summed E-state index contributed by atoms with van der Waals surface area (Å²) in [4.78, 5) is 26.4. The molecule has 108 valence electrons. The van der Waals surface area contributed by atoms with Gasteiger partial charge in [0.15, 0.2) is 0 Å². The van der Waals surface area contributed by atoms with Gasteiger partial charge in [0.05, 0.1) is 0 Å². The molecule has 20 heavy (non-hydrogen) atoms. The van der Waals surface area contributed by atoms with Gasteiger partial charge < -0.3 is 10.2 Å². The Morgan fingerprint density at radius 3 is 2.30 bits per heavy atom. The summed E-state index contributed by atoms with van der Waals surface area (Å²) in [5, 5.41) is 2.91. The lowest BCUT2D eigenvalue weighted by Gasteiger charge is -2.26. The molecule has 0 unspecified atom stereocenters. The number of carbonyl (C=O) groups is 2. The van der Waals surface area contributed by atoms with Crippen LogP contribution in [-0.2, 0) is 9.59 Å². The van der Waals surface area contributed by atoms with Crippen LogP contribution in [0.1, 0.15) is 38.3 Å². The normalized spacial score (nSPS) is 15.5. The quantitative estimate of drug-likeness (QED) is 0.864. The van der Waals surface area contributed by atoms with Crippen molar-refractivity contribution in [2.45, 2.75) is 32.7 Å². The first-order valence-electron chi connectivity index (χ1n) is 7.31. The van der Waals surface area contributed by atoms with Crippen molar-refractivity contribution in [1.29, 1.82) is 0 Å². The van der Waals surface area contributed by atoms with E-state index in [0.29, 0.717) is 13.1 Å². The maximum atomic E-state index is 12.6. The zero-order valence-electron chi connectivity index (χ0n) is 12.1. The van der Waals surface area contributed by atoms with Crippen molar-refractivity contribution in [2.75, 3.05) is 13.1 Å². The zero-order valence-corrected chi connectivity index (χ0v) is 12.1. The highest BCUT2D eigenvalue weighted by atomic mass is 16.2. The van der Waals surface area contributed by atoms with Crippen LogP contribution in [0.15, 0.2) is 30.3 Å². The Hall–Kier alpha value is -1.84. The molecule has 1 aromatic carbocycles. The molecule has 0 heterocycles. The number of amides is 2. The molecular weight excluding hydrogens is 252 g/mol. The van der Waals surface area contributed by atoms with E-state index in [1.54, 1.807) is 4.90 Å². The summed E-state index contributed by atoms with van der Waals surface area (Å²) in [5.74, 6) is 0.0697. The molecule has 1 saturated carbocycles. The van der Waals surface area contributed by atoms with Crippen molar-refractivity contribution >= 4 is 11.8 Å². The van der Waals surface area contributed by atoms with Gasteiger partial charge in [-0.15, -0.1) is 0 Å². The third-order valence-electron chi connectivity index (χ3n) is 3.69. The van der Waals surface area contributed by atoms with Gasteiger partial charge in [-0.05, 0) is 32.3 Å². The largest absolute Gasteiger partial charge is 0.341 e. The predicted octanol–water partition coefficient (Wildman–Crippen LogP) is 2.12. The Bertz CT molecular complexity index is 465. The molecule has 1 N–H and O–H groups in total. The molecule has 4 heteroatoms. The number of carbonyl (C=O) groups excluding carboxylic acids is 2. The minimum absolute atomic E-state index is 0.000593. The van der Waals surface area contributed by atoms with E-state index >= 15 is 0 Å². The lowest BCUT2D eigenvalue weighted by Crippen LogP contribution is -2.43. The SMILES string of the molecule is CCN(CC)C(=O)[C@@H](NC(=O)C1CC1)c1ccccc1. The van der Waals surface area contributed by atoms with E-state index in [0.717, 1.165) is 18.4 Å². The summed E-state index contributed by atoms with van der Waals surface area (Å²) in [6.45, 7) is 5.20. The Kier molecular flexibility index (Phi) is 4.77. The van der Waals surface area contributed by atoms with Crippen LogP contribution in [0.5, 0.6) is 0 Å². The fourth-order valence-corrected chi connectivity index (χ4v) is 2.26. The molecule has 2 amide bonds. The first-order valence-corrected chi connectivity index (χ1v) is 7.31. The van der Waals surface area contributed by atoms with Gasteiger partial charge in [-0.1, -0.05) is 30.3 Å². The molecular formula is C16H22N2O2. The van der Waals surface area contributed by atoms with Crippen molar-refractivity contribution in [2.24, 2.45) is 5.92 Å². The molecule has 4 nitrogen and oxygen atoms in total. The highest BCUT2D eigenvalue weighted by Gasteiger charge is 2.34. The fourth-order valence-electron chi connectivity index (χ4n) is 2.26. The van der Waals surface area contributed by atoms with Gasteiger partial charge >= 0.3 is 0 Å². The van der Waals surface area contributed by atoms with Crippen LogP contribution < -0.4 is 5.32 Å². The molecule has 0 aromatic heterocycles. The van der Waals surface area contributed by atoms with E-state index in [9.17, 15) is 9.59 Å². The number of likely N-dealkylation sites (N-methyl/N-ethyl adjacent to an activating group) is 1. The van der Waals surface area contributed by atoms with Crippen molar-refractivity contribution in [1.82, 2.24) is 10.2 Å². The maximum Gasteiger partial charge on any atom is 0.249 e. The fraction of sp³-hybridized carbons (Fsp3) is 0.500. The molecule has 0 radical (unpaired) electrons. The van der Waals surface area contributed by atoms with Crippen LogP contribution in [0.4, 0.5) is 0 Å². The van der Waals surface area contributed by atoms with Crippen molar-refractivity contribution in [3.05, 3.63) is 35.9 Å². The predicted molar refractivity (Wildman–Crippen MR) is 78.0 cm³/mol. The molecule has 0 aliphatic heterocycles. The topological polar surface area (TPSA) is 49.4 Å². The number of nitrogens with one attached hydrogen (secondary N) is 1. The third kappa shape index (κ3) is 3.38. The van der Waals surface area contributed by atoms with Gasteiger partial charge in [-0.2, -0.15) is 0 Å². The maximum absolute atomic E-state index is 12.6. The highest BCUT2D eigenvalue weighted by molar-refractivity contribution is 5.90. The second kappa shape index (κ2) is 6.55. The van der Waals surface area contributed by atoms with Gasteiger partial charge in [0.1, 0.15) is 6.04 Å². The van der Waals surface area contributed by atoms with E-state index in [1.165, 1.54) is 0 Å². The Balaban J connectivity index is 2.18. The van der Waals surface area contributed by atoms with E-state index in [-0.39, 0.29) is 17.7 Å². The van der Waals surface area contributed by atoms with E-state index < -0.39 is 6.04 Å². The van der Waals surface area contributed by atoms with Gasteiger partial charge in [0.25, 0.3) is 0 Å². The highest BCUT2D eigenvalue weighted by Crippen LogP contribution is 2.30. The van der Waals surface area contributed by atoms with E-state index in [4.69, 9.17) is 0 Å². The first kappa shape index (κ1) is 14.6. The standard InChI is InChI=1S/C16H22N2O2/c1-3-18(4-2)16(20)14(12-8-6-5-7-9-12)17-15(19)13-10-11-13/h5-9,13-14H,3-4,10-11H2,1-2H3,(H,17,19)/t14-/m0/s1. The number of nitrogens with zero attached hydrogens (tertiary/aromatic N) is 1. The van der Waals surface area contributed by atoms with Crippen LogP contribution in [0.2, 0.25) is 0 Å². The smallest absolute Gasteiger partial charge is 0.249 e. The molecule has 0 bridgehead atoms. The second-order valence-corrected chi connectivity index (χ2v) is 5.14. The molecule has 1 atom stereocenters. The van der Waals surface area contributed by atoms with Crippen molar-refractivity contribution < 1.29 is 9.59 Å². The molecule has 1 aliphatic carbocycles. The minimum atomic E-state index is -0.566. The zero-order chi connectivity index (χ0) is 14.5. The third-order valence-corrected chi connectivity index (χ3v) is 3.69. The summed E-state index contributed by atoms with van der Waals surface area (Å²) in [5.41, 5.74) is 0.846. The summed E-state index contributed by atoms with van der Waals surface area (Å²) in [7, 11) is 0. The molecule has 2 rings (SSSR count). The molecule has 1 aliphatic rings. The molecule has 1 fully saturated rings. The number of rotatable bonds is 6. The van der Waals surface area contributed by atoms with Gasteiger partial charge in [0, 0.05) is 19.0 Å². The average molecular weight is 274 g/mol. The number of benzene rings is 1. The second-order valence-electron chi connectivity index (χ2n) is 5.14. The lowest BCUT2D eigenvalue weighted by atomic mass is 10.1. The average Bonchev–Trinajstić information content (AvgIpc) is 3.31.